The zero-order valence-electron chi connectivity index (χ0n) is 10.0. The monoisotopic (exact) mass is 257 g/mol. The van der Waals surface area contributed by atoms with Crippen molar-refractivity contribution in [3.63, 3.8) is 0 Å². The van der Waals surface area contributed by atoms with Crippen LogP contribution in [0.15, 0.2) is 12.1 Å². The second-order valence-corrected chi connectivity index (χ2v) is 4.70. The maximum Gasteiger partial charge on any atom is 0.251 e. The fourth-order valence-corrected chi connectivity index (χ4v) is 2.17. The van der Waals surface area contributed by atoms with Gasteiger partial charge in [0.1, 0.15) is 0 Å². The van der Waals surface area contributed by atoms with E-state index in [1.807, 2.05) is 6.92 Å². The molecule has 0 aromatic heterocycles. The van der Waals surface area contributed by atoms with Crippen LogP contribution in [0.2, 0.25) is 0 Å². The van der Waals surface area contributed by atoms with Crippen molar-refractivity contribution in [2.75, 3.05) is 0 Å². The highest BCUT2D eigenvalue weighted by Crippen LogP contribution is 2.34. The van der Waals surface area contributed by atoms with Gasteiger partial charge in [-0.05, 0) is 37.8 Å². The average molecular weight is 257 g/mol. The lowest BCUT2D eigenvalue weighted by molar-refractivity contribution is 0.0819. The lowest BCUT2D eigenvalue weighted by Crippen LogP contribution is -2.53. The van der Waals surface area contributed by atoms with Gasteiger partial charge in [0.25, 0.3) is 5.91 Å². The molecule has 0 radical (unpaired) electrons. The van der Waals surface area contributed by atoms with Crippen LogP contribution in [0.25, 0.3) is 0 Å². The molecule has 18 heavy (non-hydrogen) atoms. The van der Waals surface area contributed by atoms with Crippen LogP contribution < -0.4 is 5.32 Å². The van der Waals surface area contributed by atoms with Crippen molar-refractivity contribution in [3.05, 3.63) is 35.1 Å². The van der Waals surface area contributed by atoms with Crippen molar-refractivity contribution in [2.24, 2.45) is 0 Å². The molecule has 0 saturated heterocycles. The number of carbonyl (C=O) groups excluding carboxylic acids is 1. The van der Waals surface area contributed by atoms with Gasteiger partial charge in [0, 0.05) is 11.1 Å². The largest absolute Gasteiger partial charge is 0.347 e. The lowest BCUT2D eigenvalue weighted by Gasteiger charge is -2.42. The van der Waals surface area contributed by atoms with Gasteiger partial charge in [0.15, 0.2) is 17.5 Å². The minimum absolute atomic E-state index is 0.189. The Morgan fingerprint density at radius 1 is 1.28 bits per heavy atom. The number of amides is 1. The van der Waals surface area contributed by atoms with E-state index >= 15 is 0 Å². The van der Waals surface area contributed by atoms with Gasteiger partial charge in [-0.3, -0.25) is 4.79 Å². The molecule has 1 aromatic rings. The molecule has 0 aliphatic heterocycles. The first-order valence-electron chi connectivity index (χ1n) is 5.94. The third-order valence-electron chi connectivity index (χ3n) is 3.61. The summed E-state index contributed by atoms with van der Waals surface area (Å²) in [6.07, 6.45) is 3.52. The van der Waals surface area contributed by atoms with Crippen LogP contribution in [0.3, 0.4) is 0 Å². The Morgan fingerprint density at radius 3 is 2.22 bits per heavy atom. The van der Waals surface area contributed by atoms with E-state index in [-0.39, 0.29) is 11.1 Å². The van der Waals surface area contributed by atoms with Crippen LogP contribution in [0, 0.1) is 17.5 Å². The van der Waals surface area contributed by atoms with Gasteiger partial charge in [-0.2, -0.15) is 0 Å². The number of benzene rings is 1. The Balaban J connectivity index is 2.19. The molecule has 1 aromatic carbocycles. The summed E-state index contributed by atoms with van der Waals surface area (Å²) in [5, 5.41) is 2.78. The summed E-state index contributed by atoms with van der Waals surface area (Å²) < 4.78 is 38.8. The number of hydrogen-bond donors (Lipinski definition) is 1. The van der Waals surface area contributed by atoms with E-state index in [9.17, 15) is 18.0 Å². The predicted molar refractivity (Wildman–Crippen MR) is 60.7 cm³/mol. The normalized spacial score (nSPS) is 17.1. The summed E-state index contributed by atoms with van der Waals surface area (Å²) in [6, 6.07) is 1.44. The standard InChI is InChI=1S/C13H14F3NO/c1-2-13(4-3-5-13)17-12(18)8-6-9(14)11(16)10(15)7-8/h6-7H,2-5H2,1H3,(H,17,18). The van der Waals surface area contributed by atoms with E-state index < -0.39 is 23.4 Å². The molecule has 0 spiro atoms. The zero-order chi connectivity index (χ0) is 13.3. The van der Waals surface area contributed by atoms with E-state index in [0.717, 1.165) is 37.8 Å². The van der Waals surface area contributed by atoms with Crippen LogP contribution in [-0.2, 0) is 0 Å². The highest BCUT2D eigenvalue weighted by molar-refractivity contribution is 5.94. The van der Waals surface area contributed by atoms with Crippen LogP contribution in [0.5, 0.6) is 0 Å². The summed E-state index contributed by atoms with van der Waals surface area (Å²) in [7, 11) is 0. The molecule has 5 heteroatoms. The minimum atomic E-state index is -1.56. The van der Waals surface area contributed by atoms with Crippen molar-refractivity contribution >= 4 is 5.91 Å². The molecule has 2 nitrogen and oxygen atoms in total. The Hall–Kier alpha value is -1.52. The maximum atomic E-state index is 13.0. The summed E-state index contributed by atoms with van der Waals surface area (Å²) in [4.78, 5) is 11.9. The van der Waals surface area contributed by atoms with Crippen molar-refractivity contribution in [1.29, 1.82) is 0 Å². The summed E-state index contributed by atoms with van der Waals surface area (Å²) in [5.74, 6) is -4.81. The van der Waals surface area contributed by atoms with Gasteiger partial charge < -0.3 is 5.32 Å². The second-order valence-electron chi connectivity index (χ2n) is 4.70. The summed E-state index contributed by atoms with van der Waals surface area (Å²) in [5.41, 5.74) is -0.454. The number of hydrogen-bond acceptors (Lipinski definition) is 1. The molecular formula is C13H14F3NO. The van der Waals surface area contributed by atoms with Crippen LogP contribution >= 0.6 is 0 Å². The predicted octanol–water partition coefficient (Wildman–Crippen LogP) is 3.17. The van der Waals surface area contributed by atoms with Gasteiger partial charge in [0.05, 0.1) is 0 Å². The Morgan fingerprint density at radius 2 is 1.83 bits per heavy atom. The molecule has 1 N–H and O–H groups in total. The molecule has 0 unspecified atom stereocenters. The molecule has 0 bridgehead atoms. The minimum Gasteiger partial charge on any atom is -0.347 e. The van der Waals surface area contributed by atoms with Crippen LogP contribution in [0.4, 0.5) is 13.2 Å². The number of halogens is 3. The number of carbonyl (C=O) groups is 1. The first-order valence-corrected chi connectivity index (χ1v) is 5.94. The molecule has 98 valence electrons. The van der Waals surface area contributed by atoms with E-state index in [4.69, 9.17) is 0 Å². The van der Waals surface area contributed by atoms with E-state index in [1.54, 1.807) is 0 Å². The third-order valence-corrected chi connectivity index (χ3v) is 3.61. The van der Waals surface area contributed by atoms with Gasteiger partial charge in [-0.15, -0.1) is 0 Å². The average Bonchev–Trinajstić information content (AvgIpc) is 2.29. The number of rotatable bonds is 3. The highest BCUT2D eigenvalue weighted by Gasteiger charge is 2.36. The molecule has 1 aliphatic rings. The second kappa shape index (κ2) is 4.63. The molecule has 2 rings (SSSR count). The fraction of sp³-hybridized carbons (Fsp3) is 0.462. The lowest BCUT2D eigenvalue weighted by atomic mass is 9.74. The zero-order valence-corrected chi connectivity index (χ0v) is 10.0. The van der Waals surface area contributed by atoms with Crippen LogP contribution in [-0.4, -0.2) is 11.4 Å². The number of nitrogens with one attached hydrogen (secondary N) is 1. The van der Waals surface area contributed by atoms with Crippen molar-refractivity contribution in [3.8, 4) is 0 Å². The van der Waals surface area contributed by atoms with Gasteiger partial charge in [-0.25, -0.2) is 13.2 Å². The molecule has 1 fully saturated rings. The third kappa shape index (κ3) is 2.21. The van der Waals surface area contributed by atoms with Gasteiger partial charge >= 0.3 is 0 Å². The van der Waals surface area contributed by atoms with Gasteiger partial charge in [0.2, 0.25) is 0 Å². The fourth-order valence-electron chi connectivity index (χ4n) is 2.17. The van der Waals surface area contributed by atoms with E-state index in [1.165, 1.54) is 0 Å². The molecule has 1 aliphatic carbocycles. The quantitative estimate of drug-likeness (QED) is 0.828. The SMILES string of the molecule is CCC1(NC(=O)c2cc(F)c(F)c(F)c2)CCC1. The van der Waals surface area contributed by atoms with Crippen molar-refractivity contribution in [1.82, 2.24) is 5.32 Å². The maximum absolute atomic E-state index is 13.0. The van der Waals surface area contributed by atoms with E-state index in [2.05, 4.69) is 5.32 Å². The van der Waals surface area contributed by atoms with Crippen molar-refractivity contribution < 1.29 is 18.0 Å². The molecule has 0 heterocycles. The van der Waals surface area contributed by atoms with Crippen molar-refractivity contribution in [2.45, 2.75) is 38.1 Å². The summed E-state index contributed by atoms with van der Waals surface area (Å²) >= 11 is 0. The molecule has 1 saturated carbocycles. The molecule has 0 atom stereocenters. The summed E-state index contributed by atoms with van der Waals surface area (Å²) in [6.45, 7) is 1.95. The Labute approximate surface area is 103 Å². The van der Waals surface area contributed by atoms with Gasteiger partial charge in [-0.1, -0.05) is 6.92 Å². The van der Waals surface area contributed by atoms with E-state index in [0.29, 0.717) is 0 Å². The first kappa shape index (κ1) is 12.9. The molecule has 1 amide bonds. The molecular weight excluding hydrogens is 243 g/mol. The Bertz CT molecular complexity index is 455. The Kier molecular flexibility index (Phi) is 3.32. The van der Waals surface area contributed by atoms with Crippen LogP contribution in [0.1, 0.15) is 43.0 Å². The highest BCUT2D eigenvalue weighted by atomic mass is 19.2. The first-order chi connectivity index (χ1) is 8.47. The smallest absolute Gasteiger partial charge is 0.251 e. The topological polar surface area (TPSA) is 29.1 Å².